The number of aliphatic imine (C=N–C) groups is 2. The summed E-state index contributed by atoms with van der Waals surface area (Å²) in [5.41, 5.74) is 22.2. The van der Waals surface area contributed by atoms with E-state index in [1.165, 1.54) is 0 Å². The van der Waals surface area contributed by atoms with Gasteiger partial charge in [-0.2, -0.15) is 0 Å². The number of carbonyl (C=O) groups excluding carboxylic acids is 3. The van der Waals surface area contributed by atoms with Gasteiger partial charge in [0.2, 0.25) is 11.8 Å². The second-order valence-corrected chi connectivity index (χ2v) is 10.7. The van der Waals surface area contributed by atoms with E-state index in [0.717, 1.165) is 82.6 Å². The second kappa shape index (κ2) is 24.7. The molecule has 10 N–H and O–H groups in total. The minimum atomic E-state index is -0.629. The third-order valence-electron chi connectivity index (χ3n) is 6.76. The zero-order valence-corrected chi connectivity index (χ0v) is 25.7. The van der Waals surface area contributed by atoms with Gasteiger partial charge in [0.05, 0.1) is 0 Å². The Morgan fingerprint density at radius 1 is 0.628 bits per heavy atom. The maximum absolute atomic E-state index is 12.6. The number of unbranched alkanes of at least 4 members (excludes halogenated alkanes) is 10. The van der Waals surface area contributed by atoms with Gasteiger partial charge in [-0.05, 0) is 37.7 Å². The highest BCUT2D eigenvalue weighted by Crippen LogP contribution is 2.10. The maximum Gasteiger partial charge on any atom is 0.306 e. The van der Waals surface area contributed by atoms with Crippen molar-refractivity contribution in [1.82, 2.24) is 10.6 Å². The van der Waals surface area contributed by atoms with Crippen molar-refractivity contribution in [1.29, 1.82) is 0 Å². The van der Waals surface area contributed by atoms with Gasteiger partial charge < -0.3 is 38.3 Å². The van der Waals surface area contributed by atoms with E-state index in [0.29, 0.717) is 25.9 Å². The van der Waals surface area contributed by atoms with Gasteiger partial charge in [0.15, 0.2) is 11.9 Å². The predicted octanol–water partition coefficient (Wildman–Crippen LogP) is 3.08. The normalized spacial score (nSPS) is 10.6. The van der Waals surface area contributed by atoms with Crippen molar-refractivity contribution in [3.63, 3.8) is 0 Å². The van der Waals surface area contributed by atoms with Crippen LogP contribution in [0.4, 0.5) is 0 Å². The Balaban J connectivity index is 2.38. The highest BCUT2D eigenvalue weighted by Gasteiger charge is 2.17. The van der Waals surface area contributed by atoms with Crippen molar-refractivity contribution in [3.8, 4) is 0 Å². The van der Waals surface area contributed by atoms with Gasteiger partial charge in [-0.1, -0.05) is 81.7 Å². The molecule has 1 aromatic rings. The van der Waals surface area contributed by atoms with E-state index < -0.39 is 6.17 Å². The maximum atomic E-state index is 12.6. The quantitative estimate of drug-likeness (QED) is 0.0321. The van der Waals surface area contributed by atoms with Crippen molar-refractivity contribution in [3.05, 3.63) is 35.9 Å². The summed E-state index contributed by atoms with van der Waals surface area (Å²) in [6, 6.07) is 9.44. The Bertz CT molecular complexity index is 916. The lowest BCUT2D eigenvalue weighted by atomic mass is 10.1. The Hall–Kier alpha value is -3.83. The zero-order valence-electron chi connectivity index (χ0n) is 25.7. The van der Waals surface area contributed by atoms with Crippen LogP contribution >= 0.6 is 0 Å². The summed E-state index contributed by atoms with van der Waals surface area (Å²) in [5, 5.41) is 5.80. The van der Waals surface area contributed by atoms with Gasteiger partial charge in [0, 0.05) is 32.4 Å². The molecule has 0 unspecified atom stereocenters. The number of amides is 2. The van der Waals surface area contributed by atoms with Gasteiger partial charge in [-0.25, -0.2) is 0 Å². The van der Waals surface area contributed by atoms with Gasteiger partial charge >= 0.3 is 5.97 Å². The van der Waals surface area contributed by atoms with Crippen molar-refractivity contribution < 1.29 is 19.1 Å². The highest BCUT2D eigenvalue weighted by atomic mass is 16.5. The molecule has 0 aliphatic carbocycles. The SMILES string of the molecule is NC(N)=NCCCCCCCCC(=O)NC(CCC(=O)OCc1ccccc1)NC(=O)CCCCCCCCN=C(N)N. The van der Waals surface area contributed by atoms with E-state index in [-0.39, 0.29) is 49.2 Å². The zero-order chi connectivity index (χ0) is 31.5. The number of nitrogens with one attached hydrogen (secondary N) is 2. The number of nitrogens with two attached hydrogens (primary N) is 4. The summed E-state index contributed by atoms with van der Waals surface area (Å²) in [5.74, 6) is -0.425. The average molecular weight is 603 g/mol. The summed E-state index contributed by atoms with van der Waals surface area (Å²) < 4.78 is 5.36. The summed E-state index contributed by atoms with van der Waals surface area (Å²) >= 11 is 0. The number of rotatable bonds is 25. The molecule has 242 valence electrons. The van der Waals surface area contributed by atoms with Crippen LogP contribution in [0.5, 0.6) is 0 Å². The summed E-state index contributed by atoms with van der Waals surface area (Å²) in [7, 11) is 0. The van der Waals surface area contributed by atoms with E-state index in [1.54, 1.807) is 0 Å². The molecule has 0 fully saturated rings. The molecule has 12 heteroatoms. The molecule has 1 aromatic carbocycles. The first-order valence-corrected chi connectivity index (χ1v) is 15.7. The molecule has 43 heavy (non-hydrogen) atoms. The Labute approximate surface area is 256 Å². The lowest BCUT2D eigenvalue weighted by Gasteiger charge is -2.20. The summed E-state index contributed by atoms with van der Waals surface area (Å²) in [4.78, 5) is 45.6. The molecule has 0 radical (unpaired) electrons. The topological polar surface area (TPSA) is 213 Å². The minimum absolute atomic E-state index is 0.0811. The van der Waals surface area contributed by atoms with E-state index in [4.69, 9.17) is 27.7 Å². The molecule has 0 aromatic heterocycles. The minimum Gasteiger partial charge on any atom is -0.461 e. The average Bonchev–Trinajstić information content (AvgIpc) is 2.97. The molecule has 0 aliphatic rings. The number of benzene rings is 1. The van der Waals surface area contributed by atoms with E-state index >= 15 is 0 Å². The molecule has 0 bridgehead atoms. The van der Waals surface area contributed by atoms with Crippen LogP contribution < -0.4 is 33.6 Å². The third kappa shape index (κ3) is 23.4. The number of hydrogen-bond acceptors (Lipinski definition) is 6. The van der Waals surface area contributed by atoms with Crippen LogP contribution in [0.3, 0.4) is 0 Å². The Morgan fingerprint density at radius 3 is 1.53 bits per heavy atom. The van der Waals surface area contributed by atoms with Gasteiger partial charge in [-0.3, -0.25) is 24.4 Å². The van der Waals surface area contributed by atoms with Crippen molar-refractivity contribution >= 4 is 29.7 Å². The van der Waals surface area contributed by atoms with Crippen molar-refractivity contribution in [2.24, 2.45) is 32.9 Å². The van der Waals surface area contributed by atoms with Crippen molar-refractivity contribution in [2.45, 2.75) is 116 Å². The number of nitrogens with zero attached hydrogens (tertiary/aromatic N) is 2. The third-order valence-corrected chi connectivity index (χ3v) is 6.76. The standard InChI is InChI=1S/C31H54N8O4/c32-30(33)36-22-14-7-3-1-5-12-18-27(40)38-26(20-21-29(42)43-24-25-16-10-9-11-17-25)39-28(41)19-13-6-2-4-8-15-23-37-31(34)35/h9-11,16-17,26H,1-8,12-15,18-24H2,(H,38,40)(H,39,41)(H4,32,33,36)(H4,34,35,37). The van der Waals surface area contributed by atoms with E-state index in [1.807, 2.05) is 30.3 Å². The predicted molar refractivity (Wildman–Crippen MR) is 172 cm³/mol. The summed E-state index contributed by atoms with van der Waals surface area (Å²) in [6.07, 6.45) is 11.9. The first kappa shape index (κ1) is 37.2. The molecule has 0 heterocycles. The molecule has 0 atom stereocenters. The molecule has 0 saturated carbocycles. The van der Waals surface area contributed by atoms with E-state index in [2.05, 4.69) is 20.6 Å². The number of guanidine groups is 2. The molecule has 0 aliphatic heterocycles. The second-order valence-electron chi connectivity index (χ2n) is 10.7. The van der Waals surface area contributed by atoms with Gasteiger partial charge in [-0.15, -0.1) is 0 Å². The molecule has 12 nitrogen and oxygen atoms in total. The fourth-order valence-electron chi connectivity index (χ4n) is 4.41. The number of esters is 1. The van der Waals surface area contributed by atoms with Crippen LogP contribution in [0, 0.1) is 0 Å². The van der Waals surface area contributed by atoms with Crippen LogP contribution in [0.2, 0.25) is 0 Å². The fraction of sp³-hybridized carbons (Fsp3) is 0.645. The lowest BCUT2D eigenvalue weighted by molar-refractivity contribution is -0.145. The molecule has 2 amide bonds. The summed E-state index contributed by atoms with van der Waals surface area (Å²) in [6.45, 7) is 1.46. The van der Waals surface area contributed by atoms with Gasteiger partial charge in [0.1, 0.15) is 12.8 Å². The lowest BCUT2D eigenvalue weighted by Crippen LogP contribution is -2.48. The number of carbonyl (C=O) groups is 3. The van der Waals surface area contributed by atoms with Crippen LogP contribution in [0.15, 0.2) is 40.3 Å². The number of ether oxygens (including phenoxy) is 1. The van der Waals surface area contributed by atoms with Gasteiger partial charge in [0.25, 0.3) is 0 Å². The monoisotopic (exact) mass is 602 g/mol. The molecule has 0 spiro atoms. The van der Waals surface area contributed by atoms with E-state index in [9.17, 15) is 14.4 Å². The Morgan fingerprint density at radius 2 is 1.07 bits per heavy atom. The van der Waals surface area contributed by atoms with Crippen LogP contribution in [-0.2, 0) is 25.7 Å². The first-order chi connectivity index (χ1) is 20.8. The molecular weight excluding hydrogens is 548 g/mol. The highest BCUT2D eigenvalue weighted by molar-refractivity contribution is 5.79. The Kier molecular flexibility index (Phi) is 21.4. The fourth-order valence-corrected chi connectivity index (χ4v) is 4.41. The van der Waals surface area contributed by atoms with Crippen LogP contribution in [0.1, 0.15) is 108 Å². The number of hydrogen-bond donors (Lipinski definition) is 6. The smallest absolute Gasteiger partial charge is 0.306 e. The van der Waals surface area contributed by atoms with Crippen LogP contribution in [-0.4, -0.2) is 49.0 Å². The molecule has 1 rings (SSSR count). The van der Waals surface area contributed by atoms with Crippen molar-refractivity contribution in [2.75, 3.05) is 13.1 Å². The first-order valence-electron chi connectivity index (χ1n) is 15.7. The largest absolute Gasteiger partial charge is 0.461 e. The van der Waals surface area contributed by atoms with Crippen LogP contribution in [0.25, 0.3) is 0 Å². The molecule has 0 saturated heterocycles. The molecular formula is C31H54N8O4.